The van der Waals surface area contributed by atoms with E-state index in [1.54, 1.807) is 74.3 Å². The van der Waals surface area contributed by atoms with E-state index in [9.17, 15) is 29.1 Å². The molecule has 18 nitrogen and oxygen atoms in total. The number of rotatable bonds is 15. The third kappa shape index (κ3) is 23.6. The molecule has 9 aromatic rings. The molecular formula is C66H71Cl3K6N12O6. The number of aliphatic hydroxyl groups is 1. The van der Waals surface area contributed by atoms with Gasteiger partial charge in [0.05, 0.1) is 23.2 Å². The number of carbonyl (C=O) groups excluding carboxylic acids is 5. The van der Waals surface area contributed by atoms with Crippen LogP contribution in [0.2, 0.25) is 15.1 Å². The Kier molecular flexibility index (Phi) is 38.3. The monoisotopic (exact) mass is 1470 g/mol. The number of fused-ring (bicyclic) bond motifs is 3. The van der Waals surface area contributed by atoms with Crippen LogP contribution in [0, 0.1) is 0 Å². The van der Waals surface area contributed by atoms with Gasteiger partial charge in [0.1, 0.15) is 39.8 Å². The molecule has 2 saturated heterocycles. The number of aryl methyl sites for hydroxylation is 3. The number of imidazole rings is 3. The molecule has 0 unspecified atom stereocenters. The van der Waals surface area contributed by atoms with Crippen molar-refractivity contribution >= 4 is 224 Å². The summed E-state index contributed by atoms with van der Waals surface area (Å²) in [5.41, 5.74) is 12.2. The van der Waals surface area contributed by atoms with Crippen LogP contribution < -0.4 is 133 Å². The molecule has 3 aliphatic heterocycles. The van der Waals surface area contributed by atoms with Gasteiger partial charge in [-0.15, -0.1) is 0 Å². The van der Waals surface area contributed by atoms with Crippen LogP contribution >= 0.6 is 34.8 Å². The van der Waals surface area contributed by atoms with Crippen molar-refractivity contribution in [1.29, 1.82) is 0 Å². The first-order chi connectivity index (χ1) is 44.1. The number of carbonyl (C=O) groups is 5. The summed E-state index contributed by atoms with van der Waals surface area (Å²) in [6, 6.07) is 34.8. The first-order valence-electron chi connectivity index (χ1n) is 31.4. The number of hydrogen-bond donors (Lipinski definition) is 4. The van der Waals surface area contributed by atoms with Gasteiger partial charge in [0, 0.05) is 147 Å². The Bertz CT molecular complexity index is 4020. The molecule has 3 aliphatic rings. The van der Waals surface area contributed by atoms with Crippen molar-refractivity contribution in [2.75, 3.05) is 47.4 Å². The number of halogens is 3. The third-order valence-corrected chi connectivity index (χ3v) is 16.4. The van der Waals surface area contributed by atoms with Gasteiger partial charge in [-0.3, -0.25) is 37.2 Å². The zero-order chi connectivity index (χ0) is 65.1. The quantitative estimate of drug-likeness (QED) is 0.109. The van der Waals surface area contributed by atoms with Crippen LogP contribution in [0.1, 0.15) is 121 Å². The van der Waals surface area contributed by atoms with Gasteiger partial charge in [-0.2, -0.15) is 0 Å². The number of amides is 3. The predicted molar refractivity (Wildman–Crippen MR) is 367 cm³/mol. The Morgan fingerprint density at radius 1 is 0.505 bits per heavy atom. The Hall–Kier alpha value is 1.27. The van der Waals surface area contributed by atoms with Crippen LogP contribution in [-0.4, -0.2) is 228 Å². The summed E-state index contributed by atoms with van der Waals surface area (Å²) in [5.74, 6) is 0.0164. The molecule has 4 N–H and O–H groups in total. The number of allylic oxidation sites excluding steroid dienone is 1. The molecule has 12 rings (SSSR count). The molecule has 458 valence electrons. The van der Waals surface area contributed by atoms with E-state index >= 15 is 0 Å². The second kappa shape index (κ2) is 42.8. The number of ketones is 2. The average molecular weight is 1470 g/mol. The number of aromatic nitrogens is 6. The molecule has 0 radical (unpaired) electrons. The fourth-order valence-corrected chi connectivity index (χ4v) is 11.3. The number of pyridine rings is 3. The molecule has 0 saturated carbocycles. The number of piperidine rings is 2. The fourth-order valence-electron chi connectivity index (χ4n) is 10.8. The van der Waals surface area contributed by atoms with Gasteiger partial charge in [0.15, 0.2) is 5.78 Å². The van der Waals surface area contributed by atoms with Crippen molar-refractivity contribution in [3.05, 3.63) is 206 Å². The minimum absolute atomic E-state index is 0. The van der Waals surface area contributed by atoms with E-state index < -0.39 is 0 Å². The Labute approximate surface area is 737 Å². The molecule has 2 fully saturated rings. The summed E-state index contributed by atoms with van der Waals surface area (Å²) in [7, 11) is 0. The first kappa shape index (κ1) is 83.2. The van der Waals surface area contributed by atoms with E-state index in [0.29, 0.717) is 120 Å². The summed E-state index contributed by atoms with van der Waals surface area (Å²) >= 11 is 23.1. The SMILES string of the molecule is CCc1nc2cc(Cl)ccn2c1C(=O)NCc1ccc(N2C=CC(=O)CC2)cc1.CCc1nc2cc(Cl)ccn2c1C(=O)NCc1ccc(N2CCC(=O)CC2)cc1.CCc1nc2cc(Cl)ccn2c1C(=O)NCc1ccc(N2CCC(O)CC2)cc1.[H-].[H-].[K+].[K+].[K][K].[K][K]. The topological polar surface area (TPSA) is 203 Å². The van der Waals surface area contributed by atoms with Crippen molar-refractivity contribution in [3.63, 3.8) is 0 Å². The second-order valence-electron chi connectivity index (χ2n) is 21.5. The van der Waals surface area contributed by atoms with Gasteiger partial charge in [0.2, 0.25) is 0 Å². The molecule has 27 heteroatoms. The molecule has 3 aromatic carbocycles. The van der Waals surface area contributed by atoms with Gasteiger partial charge < -0.3 is 38.6 Å². The van der Waals surface area contributed by atoms with Crippen LogP contribution in [-0.2, 0) is 48.5 Å². The third-order valence-electron chi connectivity index (χ3n) is 15.7. The molecule has 6 aromatic heterocycles. The normalized spacial score (nSPS) is 13.7. The van der Waals surface area contributed by atoms with Crippen molar-refractivity contribution in [2.45, 2.75) is 97.9 Å². The van der Waals surface area contributed by atoms with Crippen molar-refractivity contribution in [3.8, 4) is 0 Å². The Morgan fingerprint density at radius 3 is 1.16 bits per heavy atom. The summed E-state index contributed by atoms with van der Waals surface area (Å²) < 4.78 is 5.34. The van der Waals surface area contributed by atoms with Crippen LogP contribution in [0.4, 0.5) is 17.1 Å². The van der Waals surface area contributed by atoms with E-state index in [0.717, 1.165) is 89.9 Å². The number of aliphatic hydroxyl groups excluding tert-OH is 1. The van der Waals surface area contributed by atoms with E-state index in [2.05, 4.69) is 52.8 Å². The van der Waals surface area contributed by atoms with Crippen molar-refractivity contribution in [1.82, 2.24) is 44.1 Å². The van der Waals surface area contributed by atoms with Crippen molar-refractivity contribution in [2.24, 2.45) is 0 Å². The number of anilines is 3. The standard InChI is InChI=1S/C22H25ClN4O2.C22H23ClN4O2.C22H21ClN4O2.6K.2H/c3*1-2-19-21(27-12-7-16(23)13-20(27)25-19)22(29)24-14-15-3-5-17(6-4-15)26-10-8-18(28)9-11-26;;;;;;;;/h3-7,12-13,18,28H,2,8-11,14H2,1H3,(H,24,29);3-7,12-13H,2,8-11,14H2,1H3,(H,24,29);3-8,10,12-13H,2,9,11,14H2,1H3,(H,24,29);;;;;;;;/q;;;;;;;2*+1;2*-1. The second-order valence-corrected chi connectivity index (χ2v) is 22.8. The molecule has 0 aliphatic carbocycles. The summed E-state index contributed by atoms with van der Waals surface area (Å²) in [4.78, 5) is 81.4. The van der Waals surface area contributed by atoms with E-state index in [-0.39, 0.29) is 135 Å². The fraction of sp³-hybridized carbons (Fsp3) is 0.303. The first-order valence-corrected chi connectivity index (χ1v) is 64.6. The van der Waals surface area contributed by atoms with Crippen molar-refractivity contribution < 1.29 is 135 Å². The predicted octanol–water partition coefficient (Wildman–Crippen LogP) is 3.57. The number of Topliss-reactive ketones (excluding diaryl/α,β-unsaturated/α-hetero) is 1. The van der Waals surface area contributed by atoms with Crippen LogP contribution in [0.15, 0.2) is 140 Å². The van der Waals surface area contributed by atoms with Gasteiger partial charge in [0.25, 0.3) is 17.7 Å². The molecule has 0 atom stereocenters. The number of nitrogens with one attached hydrogen (secondary N) is 3. The van der Waals surface area contributed by atoms with E-state index in [4.69, 9.17) is 34.8 Å². The van der Waals surface area contributed by atoms with Gasteiger partial charge >= 0.3 is 229 Å². The summed E-state index contributed by atoms with van der Waals surface area (Å²) in [6.07, 6.45) is 13.9. The number of nitrogens with zero attached hydrogens (tertiary/aromatic N) is 9. The minimum atomic E-state index is -0.176. The van der Waals surface area contributed by atoms with Gasteiger partial charge in [-0.1, -0.05) is 92.0 Å². The maximum absolute atomic E-state index is 12.9. The van der Waals surface area contributed by atoms with Crippen LogP contribution in [0.5, 0.6) is 0 Å². The molecule has 0 bridgehead atoms. The zero-order valence-corrected chi connectivity index (χ0v) is 75.8. The van der Waals surface area contributed by atoms with E-state index in [1.807, 2.05) is 92.5 Å². The average Bonchev–Trinajstić information content (AvgIpc) is 1.66. The Balaban J connectivity index is 0.000000289. The van der Waals surface area contributed by atoms with Gasteiger partial charge in [-0.05, 0) is 109 Å². The molecule has 0 spiro atoms. The summed E-state index contributed by atoms with van der Waals surface area (Å²) in [5, 5.41) is 20.4. The number of hydrogen-bond acceptors (Lipinski definition) is 12. The zero-order valence-electron chi connectivity index (χ0n) is 56.8. The molecule has 9 heterocycles. The van der Waals surface area contributed by atoms with E-state index in [1.165, 1.54) is 126 Å². The number of benzene rings is 3. The maximum atomic E-state index is 12.9. The van der Waals surface area contributed by atoms with Crippen LogP contribution in [0.25, 0.3) is 16.9 Å². The summed E-state index contributed by atoms with van der Waals surface area (Å²) in [6.45, 7) is 11.2. The van der Waals surface area contributed by atoms with Gasteiger partial charge in [-0.25, -0.2) is 15.0 Å². The molecule has 3 amide bonds. The molecule has 93 heavy (non-hydrogen) atoms. The Morgan fingerprint density at radius 2 is 0.839 bits per heavy atom. The molecular weight excluding hydrogens is 1400 g/mol. The van der Waals surface area contributed by atoms with Crippen LogP contribution in [0.3, 0.4) is 0 Å².